The first-order valence-corrected chi connectivity index (χ1v) is 12.4. The van der Waals surface area contributed by atoms with Crippen LogP contribution >= 0.6 is 15.9 Å². The molecule has 0 bridgehead atoms. The van der Waals surface area contributed by atoms with E-state index in [1.807, 2.05) is 71.7 Å². The lowest BCUT2D eigenvalue weighted by atomic mass is 9.91. The number of halogens is 1. The van der Waals surface area contributed by atoms with Crippen LogP contribution in [0.2, 0.25) is 0 Å². The number of benzene rings is 4. The highest BCUT2D eigenvalue weighted by atomic mass is 79.9. The predicted octanol–water partition coefficient (Wildman–Crippen LogP) is 7.31. The van der Waals surface area contributed by atoms with Crippen LogP contribution in [-0.4, -0.2) is 10.7 Å². The molecule has 1 aromatic heterocycles. The molecule has 0 fully saturated rings. The average molecular weight is 520 g/mol. The van der Waals surface area contributed by atoms with Gasteiger partial charge in [-0.3, -0.25) is 9.80 Å². The maximum atomic E-state index is 13.6. The summed E-state index contributed by atoms with van der Waals surface area (Å²) >= 11 is 3.62. The number of aromatic amines is 1. The van der Waals surface area contributed by atoms with Gasteiger partial charge >= 0.3 is 0 Å². The number of hydrogen-bond donors (Lipinski definition) is 1. The average Bonchev–Trinajstić information content (AvgIpc) is 3.35. The molecule has 4 aromatic carbocycles. The first kappa shape index (κ1) is 21.6. The summed E-state index contributed by atoms with van der Waals surface area (Å²) in [5.41, 5.74) is 6.15. The number of hydrogen-bond acceptors (Lipinski definition) is 3. The van der Waals surface area contributed by atoms with Gasteiger partial charge in [0.25, 0.3) is 5.56 Å². The van der Waals surface area contributed by atoms with Crippen molar-refractivity contribution in [1.29, 1.82) is 0 Å². The lowest BCUT2D eigenvalue weighted by molar-refractivity contribution is 0.709. The standard InChI is InChI=1S/C30H22BrN3O/c31-22-16-17-25-24(18-22)28(21-12-6-2-7-13-21)29(30(35)32-25)26-19-27(20-10-4-1-5-11-20)34(33-26)23-14-8-3-9-15-23/h1-18,27H,19H2,(H,32,35)/t27-/m0/s1. The van der Waals surface area contributed by atoms with Crippen LogP contribution in [0.1, 0.15) is 23.6 Å². The molecule has 0 amide bonds. The molecule has 1 aliphatic rings. The molecule has 0 radical (unpaired) electrons. The van der Waals surface area contributed by atoms with E-state index in [0.717, 1.165) is 43.5 Å². The van der Waals surface area contributed by atoms with E-state index < -0.39 is 0 Å². The number of nitrogens with one attached hydrogen (secondary N) is 1. The maximum Gasteiger partial charge on any atom is 0.258 e. The Morgan fingerprint density at radius 2 is 1.46 bits per heavy atom. The largest absolute Gasteiger partial charge is 0.321 e. The van der Waals surface area contributed by atoms with Crippen molar-refractivity contribution in [2.24, 2.45) is 5.10 Å². The van der Waals surface area contributed by atoms with Crippen molar-refractivity contribution in [2.45, 2.75) is 12.5 Å². The second kappa shape index (κ2) is 9.01. The van der Waals surface area contributed by atoms with Crippen molar-refractivity contribution in [3.63, 3.8) is 0 Å². The molecule has 0 aliphatic carbocycles. The second-order valence-corrected chi connectivity index (χ2v) is 9.53. The first-order valence-electron chi connectivity index (χ1n) is 11.6. The van der Waals surface area contributed by atoms with Crippen LogP contribution in [0.5, 0.6) is 0 Å². The summed E-state index contributed by atoms with van der Waals surface area (Å²) in [4.78, 5) is 16.7. The van der Waals surface area contributed by atoms with Crippen LogP contribution in [0.25, 0.3) is 22.0 Å². The molecule has 35 heavy (non-hydrogen) atoms. The number of pyridine rings is 1. The van der Waals surface area contributed by atoms with Crippen molar-refractivity contribution < 1.29 is 0 Å². The summed E-state index contributed by atoms with van der Waals surface area (Å²) < 4.78 is 0.960. The van der Waals surface area contributed by atoms with Gasteiger partial charge in [0.1, 0.15) is 0 Å². The molecular formula is C30H22BrN3O. The highest BCUT2D eigenvalue weighted by Crippen LogP contribution is 2.39. The van der Waals surface area contributed by atoms with Crippen molar-refractivity contribution in [1.82, 2.24) is 4.98 Å². The molecule has 0 unspecified atom stereocenters. The SMILES string of the molecule is O=c1[nH]c2ccc(Br)cc2c(-c2ccccc2)c1C1=NN(c2ccccc2)[C@H](c2ccccc2)C1. The third-order valence-corrected chi connectivity index (χ3v) is 6.94. The molecule has 1 aliphatic heterocycles. The highest BCUT2D eigenvalue weighted by Gasteiger charge is 2.32. The van der Waals surface area contributed by atoms with E-state index in [4.69, 9.17) is 5.10 Å². The van der Waals surface area contributed by atoms with Gasteiger partial charge in [0.15, 0.2) is 0 Å². The van der Waals surface area contributed by atoms with Crippen LogP contribution in [-0.2, 0) is 0 Å². The van der Waals surface area contributed by atoms with Crippen molar-refractivity contribution >= 4 is 38.2 Å². The number of fused-ring (bicyclic) bond motifs is 1. The Bertz CT molecular complexity index is 1600. The third kappa shape index (κ3) is 3.98. The van der Waals surface area contributed by atoms with Gasteiger partial charge in [-0.1, -0.05) is 94.8 Å². The summed E-state index contributed by atoms with van der Waals surface area (Å²) in [7, 11) is 0. The van der Waals surface area contributed by atoms with E-state index in [2.05, 4.69) is 63.4 Å². The summed E-state index contributed by atoms with van der Waals surface area (Å²) in [5.74, 6) is 0. The minimum atomic E-state index is -0.126. The maximum absolute atomic E-state index is 13.6. The first-order chi connectivity index (χ1) is 17.2. The third-order valence-electron chi connectivity index (χ3n) is 6.44. The van der Waals surface area contributed by atoms with Crippen LogP contribution in [0.3, 0.4) is 0 Å². The Morgan fingerprint density at radius 1 is 0.800 bits per heavy atom. The minimum absolute atomic E-state index is 0.00479. The molecule has 5 aromatic rings. The number of H-pyrrole nitrogens is 1. The molecule has 1 N–H and O–H groups in total. The molecule has 6 rings (SSSR count). The Balaban J connectivity index is 1.60. The van der Waals surface area contributed by atoms with E-state index >= 15 is 0 Å². The van der Waals surface area contributed by atoms with Gasteiger partial charge in [0.2, 0.25) is 0 Å². The number of aromatic nitrogens is 1. The number of nitrogens with zero attached hydrogens (tertiary/aromatic N) is 2. The zero-order chi connectivity index (χ0) is 23.8. The van der Waals surface area contributed by atoms with Crippen LogP contribution < -0.4 is 10.6 Å². The Hall–Kier alpha value is -3.96. The summed E-state index contributed by atoms with van der Waals surface area (Å²) in [6.45, 7) is 0. The van der Waals surface area contributed by atoms with Crippen LogP contribution in [0, 0.1) is 0 Å². The zero-order valence-electron chi connectivity index (χ0n) is 18.9. The molecule has 2 heterocycles. The fraction of sp³-hybridized carbons (Fsp3) is 0.0667. The van der Waals surface area contributed by atoms with Crippen LogP contribution in [0.15, 0.2) is 124 Å². The van der Waals surface area contributed by atoms with E-state index in [9.17, 15) is 4.79 Å². The molecule has 0 spiro atoms. The normalized spacial score (nSPS) is 15.4. The molecule has 5 heteroatoms. The Labute approximate surface area is 211 Å². The quantitative estimate of drug-likeness (QED) is 0.270. The second-order valence-electron chi connectivity index (χ2n) is 8.62. The van der Waals surface area contributed by atoms with Gasteiger partial charge in [0.05, 0.1) is 23.0 Å². The molecular weight excluding hydrogens is 498 g/mol. The van der Waals surface area contributed by atoms with Crippen molar-refractivity contribution in [3.05, 3.63) is 135 Å². The number of para-hydroxylation sites is 1. The van der Waals surface area contributed by atoms with Crippen molar-refractivity contribution in [3.8, 4) is 11.1 Å². The number of hydrazone groups is 1. The molecule has 0 saturated carbocycles. The topological polar surface area (TPSA) is 48.5 Å². The molecule has 0 saturated heterocycles. The molecule has 170 valence electrons. The van der Waals surface area contributed by atoms with Crippen molar-refractivity contribution in [2.75, 3.05) is 5.01 Å². The van der Waals surface area contributed by atoms with E-state index in [-0.39, 0.29) is 11.6 Å². The summed E-state index contributed by atoms with van der Waals surface area (Å²) in [5, 5.41) is 8.11. The van der Waals surface area contributed by atoms with Gasteiger partial charge in [-0.2, -0.15) is 5.10 Å². The zero-order valence-corrected chi connectivity index (χ0v) is 20.4. The number of rotatable bonds is 4. The van der Waals surface area contributed by atoms with Gasteiger partial charge in [-0.15, -0.1) is 0 Å². The number of anilines is 1. The predicted molar refractivity (Wildman–Crippen MR) is 147 cm³/mol. The van der Waals surface area contributed by atoms with Crippen LogP contribution in [0.4, 0.5) is 5.69 Å². The van der Waals surface area contributed by atoms with E-state index in [1.165, 1.54) is 0 Å². The van der Waals surface area contributed by atoms with Gasteiger partial charge in [0, 0.05) is 27.4 Å². The van der Waals surface area contributed by atoms with Gasteiger partial charge in [-0.05, 0) is 41.5 Å². The van der Waals surface area contributed by atoms with Gasteiger partial charge in [-0.25, -0.2) is 0 Å². The summed E-state index contributed by atoms with van der Waals surface area (Å²) in [6, 6.07) is 36.6. The van der Waals surface area contributed by atoms with E-state index in [1.54, 1.807) is 0 Å². The highest BCUT2D eigenvalue weighted by molar-refractivity contribution is 9.10. The summed E-state index contributed by atoms with van der Waals surface area (Å²) in [6.07, 6.45) is 0.626. The van der Waals surface area contributed by atoms with E-state index in [0.29, 0.717) is 12.0 Å². The monoisotopic (exact) mass is 519 g/mol. The smallest absolute Gasteiger partial charge is 0.258 e. The fourth-order valence-electron chi connectivity index (χ4n) is 4.86. The fourth-order valence-corrected chi connectivity index (χ4v) is 5.22. The van der Waals surface area contributed by atoms with Gasteiger partial charge < -0.3 is 4.98 Å². The molecule has 4 nitrogen and oxygen atoms in total. The Kier molecular flexibility index (Phi) is 5.55. The lowest BCUT2D eigenvalue weighted by Gasteiger charge is -2.23. The molecule has 1 atom stereocenters. The Morgan fingerprint density at radius 3 is 2.17 bits per heavy atom. The lowest BCUT2D eigenvalue weighted by Crippen LogP contribution is -2.20. The minimum Gasteiger partial charge on any atom is -0.321 e.